The third kappa shape index (κ3) is 3.16. The van der Waals surface area contributed by atoms with Gasteiger partial charge in [0.25, 0.3) is 5.91 Å². The number of amides is 1. The van der Waals surface area contributed by atoms with E-state index in [-0.39, 0.29) is 11.9 Å². The number of nitrogens with zero attached hydrogens (tertiary/aromatic N) is 2. The zero-order valence-corrected chi connectivity index (χ0v) is 9.53. The van der Waals surface area contributed by atoms with E-state index in [0.29, 0.717) is 11.5 Å². The Labute approximate surface area is 94.6 Å². The summed E-state index contributed by atoms with van der Waals surface area (Å²) in [6.45, 7) is 4.06. The minimum Gasteiger partial charge on any atom is -0.348 e. The summed E-state index contributed by atoms with van der Waals surface area (Å²) in [6, 6.07) is 0.182. The van der Waals surface area contributed by atoms with Crippen molar-refractivity contribution in [2.45, 2.75) is 32.7 Å². The van der Waals surface area contributed by atoms with Crippen molar-refractivity contribution >= 4 is 11.7 Å². The molecule has 0 aromatic carbocycles. The number of aromatic nitrogens is 2. The number of nitrogens with one attached hydrogen (secondary N) is 2. The van der Waals surface area contributed by atoms with Crippen molar-refractivity contribution < 1.29 is 4.79 Å². The third-order valence-corrected chi connectivity index (χ3v) is 2.35. The second-order valence-corrected chi connectivity index (χ2v) is 3.42. The van der Waals surface area contributed by atoms with Crippen molar-refractivity contribution in [1.82, 2.24) is 15.3 Å². The fraction of sp³-hybridized carbons (Fsp3) is 0.500. The maximum atomic E-state index is 11.7. The molecule has 1 aromatic rings. The summed E-state index contributed by atoms with van der Waals surface area (Å²) in [5, 5.41) is 2.88. The van der Waals surface area contributed by atoms with Crippen molar-refractivity contribution in [3.05, 3.63) is 18.1 Å². The molecule has 1 aromatic heterocycles. The van der Waals surface area contributed by atoms with Crippen LogP contribution in [0.2, 0.25) is 0 Å². The number of hydrogen-bond acceptors (Lipinski definition) is 5. The van der Waals surface area contributed by atoms with Crippen LogP contribution < -0.4 is 16.6 Å². The zero-order chi connectivity index (χ0) is 12.0. The monoisotopic (exact) mass is 223 g/mol. The standard InChI is InChI=1S/C10H17N5O/c1-3-7(4-2)14-10(16)8-5-13-9(15-11)6-12-8/h5-7H,3-4,11H2,1-2H3,(H,13,15)(H,14,16). The molecule has 1 heterocycles. The Morgan fingerprint density at radius 2 is 2.06 bits per heavy atom. The molecular weight excluding hydrogens is 206 g/mol. The van der Waals surface area contributed by atoms with Crippen molar-refractivity contribution in [3.63, 3.8) is 0 Å². The Morgan fingerprint density at radius 1 is 1.38 bits per heavy atom. The van der Waals surface area contributed by atoms with Crippen LogP contribution in [-0.4, -0.2) is 21.9 Å². The number of hydrazine groups is 1. The molecule has 0 atom stereocenters. The van der Waals surface area contributed by atoms with E-state index in [4.69, 9.17) is 5.84 Å². The molecule has 88 valence electrons. The average molecular weight is 223 g/mol. The molecule has 0 unspecified atom stereocenters. The molecule has 0 aliphatic heterocycles. The van der Waals surface area contributed by atoms with Gasteiger partial charge in [0, 0.05) is 6.04 Å². The van der Waals surface area contributed by atoms with Crippen LogP contribution in [0.1, 0.15) is 37.2 Å². The highest BCUT2D eigenvalue weighted by Crippen LogP contribution is 2.01. The number of anilines is 1. The summed E-state index contributed by atoms with van der Waals surface area (Å²) >= 11 is 0. The van der Waals surface area contributed by atoms with Crippen LogP contribution in [0.5, 0.6) is 0 Å². The Morgan fingerprint density at radius 3 is 2.50 bits per heavy atom. The second-order valence-electron chi connectivity index (χ2n) is 3.42. The van der Waals surface area contributed by atoms with Gasteiger partial charge in [-0.25, -0.2) is 15.8 Å². The first-order valence-corrected chi connectivity index (χ1v) is 5.30. The van der Waals surface area contributed by atoms with Crippen molar-refractivity contribution in [1.29, 1.82) is 0 Å². The molecule has 0 saturated heterocycles. The lowest BCUT2D eigenvalue weighted by Crippen LogP contribution is -2.34. The maximum Gasteiger partial charge on any atom is 0.271 e. The first kappa shape index (κ1) is 12.4. The van der Waals surface area contributed by atoms with E-state index in [1.807, 2.05) is 13.8 Å². The summed E-state index contributed by atoms with van der Waals surface area (Å²) < 4.78 is 0. The molecule has 6 heteroatoms. The molecule has 0 spiro atoms. The molecule has 0 aliphatic rings. The Bertz CT molecular complexity index is 334. The summed E-state index contributed by atoms with van der Waals surface area (Å²) in [6.07, 6.45) is 4.62. The van der Waals surface area contributed by atoms with Crippen molar-refractivity contribution in [2.24, 2.45) is 5.84 Å². The number of nitrogen functional groups attached to an aromatic ring is 1. The summed E-state index contributed by atoms with van der Waals surface area (Å²) in [7, 11) is 0. The van der Waals surface area contributed by atoms with Crippen LogP contribution in [0.4, 0.5) is 5.82 Å². The SMILES string of the molecule is CCC(CC)NC(=O)c1cnc(NN)cn1. The number of nitrogens with two attached hydrogens (primary N) is 1. The van der Waals surface area contributed by atoms with Crippen LogP contribution in [0.25, 0.3) is 0 Å². The Kier molecular flexibility index (Phi) is 4.65. The molecular formula is C10H17N5O. The predicted octanol–water partition coefficient (Wildman–Crippen LogP) is 0.681. The van der Waals surface area contributed by atoms with Crippen LogP contribution in [0.3, 0.4) is 0 Å². The normalized spacial score (nSPS) is 10.2. The van der Waals surface area contributed by atoms with Gasteiger partial charge in [0.05, 0.1) is 12.4 Å². The molecule has 0 saturated carbocycles. The Hall–Kier alpha value is -1.69. The maximum absolute atomic E-state index is 11.7. The van der Waals surface area contributed by atoms with E-state index in [2.05, 4.69) is 20.7 Å². The van der Waals surface area contributed by atoms with Crippen LogP contribution >= 0.6 is 0 Å². The number of carbonyl (C=O) groups is 1. The van der Waals surface area contributed by atoms with E-state index >= 15 is 0 Å². The summed E-state index contributed by atoms with van der Waals surface area (Å²) in [4.78, 5) is 19.6. The van der Waals surface area contributed by atoms with Gasteiger partial charge in [-0.05, 0) is 12.8 Å². The van der Waals surface area contributed by atoms with Crippen molar-refractivity contribution in [3.8, 4) is 0 Å². The third-order valence-electron chi connectivity index (χ3n) is 2.35. The van der Waals surface area contributed by atoms with Crippen LogP contribution in [0.15, 0.2) is 12.4 Å². The predicted molar refractivity (Wildman–Crippen MR) is 61.7 cm³/mol. The lowest BCUT2D eigenvalue weighted by atomic mass is 10.1. The van der Waals surface area contributed by atoms with Gasteiger partial charge in [0.1, 0.15) is 5.69 Å². The lowest BCUT2D eigenvalue weighted by Gasteiger charge is -2.13. The van der Waals surface area contributed by atoms with Crippen LogP contribution in [-0.2, 0) is 0 Å². The van der Waals surface area contributed by atoms with E-state index in [1.165, 1.54) is 12.4 Å². The molecule has 4 N–H and O–H groups in total. The van der Waals surface area contributed by atoms with Gasteiger partial charge >= 0.3 is 0 Å². The smallest absolute Gasteiger partial charge is 0.271 e. The van der Waals surface area contributed by atoms with Gasteiger partial charge in [0.15, 0.2) is 5.82 Å². The fourth-order valence-electron chi connectivity index (χ4n) is 1.27. The van der Waals surface area contributed by atoms with E-state index < -0.39 is 0 Å². The second kappa shape index (κ2) is 6.02. The number of carbonyl (C=O) groups excluding carboxylic acids is 1. The highest BCUT2D eigenvalue weighted by molar-refractivity contribution is 5.92. The molecule has 6 nitrogen and oxygen atoms in total. The Balaban J connectivity index is 2.65. The average Bonchev–Trinajstić information content (AvgIpc) is 2.35. The molecule has 1 rings (SSSR count). The van der Waals surface area contributed by atoms with E-state index in [1.54, 1.807) is 0 Å². The first-order valence-electron chi connectivity index (χ1n) is 5.30. The highest BCUT2D eigenvalue weighted by Gasteiger charge is 2.11. The first-order chi connectivity index (χ1) is 7.71. The lowest BCUT2D eigenvalue weighted by molar-refractivity contribution is 0.0929. The highest BCUT2D eigenvalue weighted by atomic mass is 16.1. The van der Waals surface area contributed by atoms with Gasteiger partial charge < -0.3 is 10.7 Å². The minimum atomic E-state index is -0.204. The quantitative estimate of drug-likeness (QED) is 0.504. The fourth-order valence-corrected chi connectivity index (χ4v) is 1.27. The number of rotatable bonds is 5. The molecule has 0 radical (unpaired) electrons. The van der Waals surface area contributed by atoms with E-state index in [0.717, 1.165) is 12.8 Å². The van der Waals surface area contributed by atoms with E-state index in [9.17, 15) is 4.79 Å². The van der Waals surface area contributed by atoms with Gasteiger partial charge in [0.2, 0.25) is 0 Å². The topological polar surface area (TPSA) is 92.9 Å². The molecule has 0 aliphatic carbocycles. The van der Waals surface area contributed by atoms with Gasteiger partial charge in [-0.1, -0.05) is 13.8 Å². The van der Waals surface area contributed by atoms with Gasteiger partial charge in [-0.3, -0.25) is 4.79 Å². The van der Waals surface area contributed by atoms with Gasteiger partial charge in [-0.15, -0.1) is 0 Å². The molecule has 1 amide bonds. The zero-order valence-electron chi connectivity index (χ0n) is 9.53. The summed E-state index contributed by atoms with van der Waals surface area (Å²) in [5.41, 5.74) is 2.65. The van der Waals surface area contributed by atoms with Gasteiger partial charge in [-0.2, -0.15) is 0 Å². The molecule has 0 fully saturated rings. The molecule has 0 bridgehead atoms. The largest absolute Gasteiger partial charge is 0.348 e. The summed E-state index contributed by atoms with van der Waals surface area (Å²) in [5.74, 6) is 5.37. The van der Waals surface area contributed by atoms with Crippen LogP contribution in [0, 0.1) is 0 Å². The van der Waals surface area contributed by atoms with Crippen molar-refractivity contribution in [2.75, 3.05) is 5.43 Å². The number of hydrogen-bond donors (Lipinski definition) is 3. The molecule has 16 heavy (non-hydrogen) atoms. The minimum absolute atomic E-state index is 0.182.